The molecule has 1 fully saturated rings. The Kier molecular flexibility index (Phi) is 4.23. The van der Waals surface area contributed by atoms with Crippen molar-refractivity contribution >= 4 is 16.0 Å². The van der Waals surface area contributed by atoms with E-state index in [0.29, 0.717) is 19.6 Å². The molecule has 8 heteroatoms. The molecule has 1 aliphatic rings. The molecule has 1 aromatic heterocycles. The van der Waals surface area contributed by atoms with Gasteiger partial charge in [0.1, 0.15) is 6.26 Å². The Labute approximate surface area is 111 Å². The number of carbonyl (C=O) groups is 1. The second-order valence-corrected chi connectivity index (χ2v) is 6.02. The zero-order valence-corrected chi connectivity index (χ0v) is 11.4. The van der Waals surface area contributed by atoms with Crippen molar-refractivity contribution in [3.05, 3.63) is 17.9 Å². The van der Waals surface area contributed by atoms with Crippen LogP contribution in [0.5, 0.6) is 0 Å². The van der Waals surface area contributed by atoms with Gasteiger partial charge >= 0.3 is 5.97 Å². The molecule has 2 rings (SSSR count). The monoisotopic (exact) mass is 288 g/mol. The largest absolute Gasteiger partial charge is 0.465 e. The molecular formula is C11H16N2O5S. The number of nitrogens with one attached hydrogen (secondary N) is 1. The minimum atomic E-state index is -3.69. The molecule has 1 N–H and O–H groups in total. The average Bonchev–Trinajstić information content (AvgIpc) is 2.74. The number of nitrogens with zero attached hydrogens (tertiary/aromatic N) is 1. The molecule has 0 saturated carbocycles. The molecule has 1 saturated heterocycles. The van der Waals surface area contributed by atoms with E-state index in [2.05, 4.69) is 10.1 Å². The van der Waals surface area contributed by atoms with Gasteiger partial charge in [0.15, 0.2) is 0 Å². The summed E-state index contributed by atoms with van der Waals surface area (Å²) in [5, 5.41) is 2.90. The molecule has 1 aromatic rings. The van der Waals surface area contributed by atoms with Gasteiger partial charge in [0.25, 0.3) is 10.0 Å². The fourth-order valence-corrected chi connectivity index (χ4v) is 3.27. The van der Waals surface area contributed by atoms with E-state index in [0.717, 1.165) is 19.2 Å². The molecule has 0 unspecified atom stereocenters. The summed E-state index contributed by atoms with van der Waals surface area (Å²) in [6.07, 6.45) is 1.83. The first-order chi connectivity index (χ1) is 9.05. The van der Waals surface area contributed by atoms with Crippen LogP contribution in [0.25, 0.3) is 0 Å². The van der Waals surface area contributed by atoms with E-state index in [1.54, 1.807) is 0 Å². The van der Waals surface area contributed by atoms with Crippen molar-refractivity contribution in [3.8, 4) is 0 Å². The lowest BCUT2D eigenvalue weighted by Crippen LogP contribution is -2.34. The molecule has 7 nitrogen and oxygen atoms in total. The number of ether oxygens (including phenoxy) is 1. The summed E-state index contributed by atoms with van der Waals surface area (Å²) in [4.78, 5) is 11.3. The number of methoxy groups -OCH3 is 1. The standard InChI is InChI=1S/C11H16N2O5S/c1-17-11(14)9-7-10(18-8-9)19(15,16)13-5-2-3-12-4-6-13/h7-8,12H,2-6H2,1H3. The second-order valence-electron chi connectivity index (χ2n) is 4.15. The van der Waals surface area contributed by atoms with Crippen molar-refractivity contribution < 1.29 is 22.4 Å². The van der Waals surface area contributed by atoms with Crippen molar-refractivity contribution in [2.45, 2.75) is 11.5 Å². The van der Waals surface area contributed by atoms with Crippen LogP contribution in [0.2, 0.25) is 0 Å². The van der Waals surface area contributed by atoms with Gasteiger partial charge in [0.05, 0.1) is 12.7 Å². The number of carbonyl (C=O) groups excluding carboxylic acids is 1. The highest BCUT2D eigenvalue weighted by Gasteiger charge is 2.29. The number of rotatable bonds is 3. The van der Waals surface area contributed by atoms with E-state index in [9.17, 15) is 13.2 Å². The molecule has 0 aromatic carbocycles. The lowest BCUT2D eigenvalue weighted by Gasteiger charge is -2.17. The molecule has 0 aliphatic carbocycles. The number of hydrogen-bond acceptors (Lipinski definition) is 6. The fourth-order valence-electron chi connectivity index (χ4n) is 1.87. The summed E-state index contributed by atoms with van der Waals surface area (Å²) in [5.74, 6) is -0.622. The van der Waals surface area contributed by atoms with Crippen LogP contribution in [0.4, 0.5) is 0 Å². The van der Waals surface area contributed by atoms with Crippen LogP contribution in [0.15, 0.2) is 21.8 Å². The highest BCUT2D eigenvalue weighted by atomic mass is 32.2. The van der Waals surface area contributed by atoms with Gasteiger partial charge in [0.2, 0.25) is 5.09 Å². The predicted molar refractivity (Wildman–Crippen MR) is 66.3 cm³/mol. The Morgan fingerprint density at radius 2 is 2.21 bits per heavy atom. The van der Waals surface area contributed by atoms with Gasteiger partial charge in [-0.15, -0.1) is 0 Å². The minimum Gasteiger partial charge on any atom is -0.465 e. The van der Waals surface area contributed by atoms with Gasteiger partial charge in [-0.25, -0.2) is 13.2 Å². The highest BCUT2D eigenvalue weighted by Crippen LogP contribution is 2.19. The summed E-state index contributed by atoms with van der Waals surface area (Å²) >= 11 is 0. The fraction of sp³-hybridized carbons (Fsp3) is 0.545. The maximum Gasteiger partial charge on any atom is 0.341 e. The summed E-state index contributed by atoms with van der Waals surface area (Å²) in [7, 11) is -2.46. The van der Waals surface area contributed by atoms with Crippen molar-refractivity contribution in [2.24, 2.45) is 0 Å². The number of hydrogen-bond donors (Lipinski definition) is 1. The Morgan fingerprint density at radius 3 is 2.95 bits per heavy atom. The molecule has 0 spiro atoms. The second kappa shape index (κ2) is 5.72. The van der Waals surface area contributed by atoms with Crippen molar-refractivity contribution in [1.29, 1.82) is 0 Å². The van der Waals surface area contributed by atoms with E-state index >= 15 is 0 Å². The molecule has 0 atom stereocenters. The zero-order valence-electron chi connectivity index (χ0n) is 10.6. The molecular weight excluding hydrogens is 272 g/mol. The van der Waals surface area contributed by atoms with E-state index < -0.39 is 16.0 Å². The van der Waals surface area contributed by atoms with Gasteiger partial charge in [-0.05, 0) is 13.0 Å². The first-order valence-corrected chi connectivity index (χ1v) is 7.37. The number of esters is 1. The lowest BCUT2D eigenvalue weighted by atomic mass is 10.3. The normalized spacial score (nSPS) is 17.9. The Balaban J connectivity index is 2.23. The van der Waals surface area contributed by atoms with Crippen LogP contribution in [0, 0.1) is 0 Å². The lowest BCUT2D eigenvalue weighted by molar-refractivity contribution is 0.0600. The minimum absolute atomic E-state index is 0.0917. The van der Waals surface area contributed by atoms with Crippen molar-refractivity contribution in [1.82, 2.24) is 9.62 Å². The smallest absolute Gasteiger partial charge is 0.341 e. The first-order valence-electron chi connectivity index (χ1n) is 5.93. The summed E-state index contributed by atoms with van der Waals surface area (Å²) < 4.78 is 35.5. The SMILES string of the molecule is COC(=O)c1coc(S(=O)(=O)N2CCCNCC2)c1. The summed E-state index contributed by atoms with van der Waals surface area (Å²) in [6, 6.07) is 1.19. The van der Waals surface area contributed by atoms with Crippen LogP contribution < -0.4 is 5.32 Å². The van der Waals surface area contributed by atoms with Gasteiger partial charge < -0.3 is 14.5 Å². The van der Waals surface area contributed by atoms with Crippen LogP contribution in [0.1, 0.15) is 16.8 Å². The quantitative estimate of drug-likeness (QED) is 0.791. The molecule has 2 heterocycles. The van der Waals surface area contributed by atoms with E-state index in [1.165, 1.54) is 17.5 Å². The van der Waals surface area contributed by atoms with Crippen LogP contribution in [-0.2, 0) is 14.8 Å². The summed E-state index contributed by atoms with van der Waals surface area (Å²) in [6.45, 7) is 2.21. The number of sulfonamides is 1. The third kappa shape index (κ3) is 2.96. The van der Waals surface area contributed by atoms with E-state index in [-0.39, 0.29) is 10.7 Å². The Bertz CT molecular complexity index is 543. The molecule has 106 valence electrons. The van der Waals surface area contributed by atoms with Gasteiger partial charge in [-0.3, -0.25) is 0 Å². The maximum absolute atomic E-state index is 12.3. The predicted octanol–water partition coefficient (Wildman–Crippen LogP) is 0.0502. The van der Waals surface area contributed by atoms with Crippen LogP contribution >= 0.6 is 0 Å². The van der Waals surface area contributed by atoms with Crippen LogP contribution in [0.3, 0.4) is 0 Å². The highest BCUT2D eigenvalue weighted by molar-refractivity contribution is 7.89. The third-order valence-corrected chi connectivity index (χ3v) is 4.66. The molecule has 19 heavy (non-hydrogen) atoms. The topological polar surface area (TPSA) is 88.8 Å². The zero-order chi connectivity index (χ0) is 13.9. The van der Waals surface area contributed by atoms with Gasteiger partial charge in [0, 0.05) is 25.7 Å². The summed E-state index contributed by atoms with van der Waals surface area (Å²) in [5.41, 5.74) is 0.0917. The molecule has 0 radical (unpaired) electrons. The van der Waals surface area contributed by atoms with E-state index in [1.807, 2.05) is 0 Å². The average molecular weight is 288 g/mol. The third-order valence-electron chi connectivity index (χ3n) is 2.89. The molecule has 1 aliphatic heterocycles. The van der Waals surface area contributed by atoms with E-state index in [4.69, 9.17) is 4.42 Å². The van der Waals surface area contributed by atoms with Crippen molar-refractivity contribution in [2.75, 3.05) is 33.3 Å². The van der Waals surface area contributed by atoms with Gasteiger partial charge in [-0.2, -0.15) is 4.31 Å². The molecule has 0 amide bonds. The molecule has 0 bridgehead atoms. The van der Waals surface area contributed by atoms with Crippen molar-refractivity contribution in [3.63, 3.8) is 0 Å². The van der Waals surface area contributed by atoms with Crippen LogP contribution in [-0.4, -0.2) is 52.0 Å². The Morgan fingerprint density at radius 1 is 1.42 bits per heavy atom. The maximum atomic E-state index is 12.3. The Hall–Kier alpha value is -1.38. The van der Waals surface area contributed by atoms with Gasteiger partial charge in [-0.1, -0.05) is 0 Å². The first kappa shape index (κ1) is 14.0. The number of furan rings is 1.